The van der Waals surface area contributed by atoms with Gasteiger partial charge in [-0.2, -0.15) is 0 Å². The molecule has 0 spiro atoms. The van der Waals surface area contributed by atoms with Crippen molar-refractivity contribution in [1.82, 2.24) is 15.2 Å². The van der Waals surface area contributed by atoms with Gasteiger partial charge in [-0.3, -0.25) is 9.88 Å². The highest BCUT2D eigenvalue weighted by atomic mass is 32.2. The molecule has 0 aromatic carbocycles. The van der Waals surface area contributed by atoms with Gasteiger partial charge in [0.25, 0.3) is 0 Å². The molecule has 1 aliphatic rings. The molecule has 0 saturated carbocycles. The monoisotopic (exact) mass is 309 g/mol. The first kappa shape index (κ1) is 15.6. The number of rotatable bonds is 5. The fraction of sp³-hybridized carbons (Fsp3) is 0.500. The molecule has 21 heavy (non-hydrogen) atoms. The summed E-state index contributed by atoms with van der Waals surface area (Å²) in [5, 5.41) is 11.9. The van der Waals surface area contributed by atoms with E-state index in [0.717, 1.165) is 12.1 Å². The molecule has 114 valence electrons. The molecule has 2 N–H and O–H groups in total. The van der Waals surface area contributed by atoms with Crippen LogP contribution in [0.2, 0.25) is 0 Å². The highest BCUT2D eigenvalue weighted by Crippen LogP contribution is 2.31. The molecule has 1 fully saturated rings. The lowest BCUT2D eigenvalue weighted by atomic mass is 10.2. The van der Waals surface area contributed by atoms with Crippen molar-refractivity contribution in [1.29, 1.82) is 0 Å². The number of urea groups is 1. The van der Waals surface area contributed by atoms with Crippen LogP contribution in [0.4, 0.5) is 4.79 Å². The third kappa shape index (κ3) is 3.87. The van der Waals surface area contributed by atoms with Gasteiger partial charge in [0.15, 0.2) is 0 Å². The van der Waals surface area contributed by atoms with Crippen molar-refractivity contribution in [2.24, 2.45) is 0 Å². The van der Waals surface area contributed by atoms with E-state index in [0.29, 0.717) is 18.7 Å². The van der Waals surface area contributed by atoms with Gasteiger partial charge in [-0.25, -0.2) is 9.59 Å². The van der Waals surface area contributed by atoms with Crippen molar-refractivity contribution in [3.8, 4) is 0 Å². The highest BCUT2D eigenvalue weighted by molar-refractivity contribution is 8.00. The fourth-order valence-electron chi connectivity index (χ4n) is 2.28. The zero-order chi connectivity index (χ0) is 15.2. The normalized spacial score (nSPS) is 21.3. The van der Waals surface area contributed by atoms with Crippen LogP contribution in [0.15, 0.2) is 24.4 Å². The molecular formula is C14H19N3O3S. The predicted octanol–water partition coefficient (Wildman–Crippen LogP) is 1.57. The summed E-state index contributed by atoms with van der Waals surface area (Å²) in [5.74, 6) is -0.500. The molecule has 7 heteroatoms. The van der Waals surface area contributed by atoms with E-state index in [4.69, 9.17) is 0 Å². The second-order valence-electron chi connectivity index (χ2n) is 4.76. The molecule has 1 saturated heterocycles. The van der Waals surface area contributed by atoms with E-state index < -0.39 is 12.0 Å². The maximum Gasteiger partial charge on any atom is 0.327 e. The average Bonchev–Trinajstić information content (AvgIpc) is 2.92. The molecule has 2 rings (SSSR count). The van der Waals surface area contributed by atoms with Gasteiger partial charge in [-0.1, -0.05) is 13.0 Å². The SMILES string of the molecule is CCC1SCC(C(=O)O)N1C(=O)NCCc1ccccn1. The number of hydrogen-bond donors (Lipinski definition) is 2. The van der Waals surface area contributed by atoms with Gasteiger partial charge in [-0.15, -0.1) is 11.8 Å². The largest absolute Gasteiger partial charge is 0.480 e. The third-order valence-electron chi connectivity index (χ3n) is 3.34. The summed E-state index contributed by atoms with van der Waals surface area (Å²) in [5.41, 5.74) is 0.899. The number of carbonyl (C=O) groups is 2. The molecule has 1 aromatic heterocycles. The molecule has 2 amide bonds. The van der Waals surface area contributed by atoms with E-state index in [2.05, 4.69) is 10.3 Å². The Morgan fingerprint density at radius 1 is 1.52 bits per heavy atom. The van der Waals surface area contributed by atoms with Crippen LogP contribution in [0.25, 0.3) is 0 Å². The van der Waals surface area contributed by atoms with Crippen LogP contribution in [0, 0.1) is 0 Å². The predicted molar refractivity (Wildman–Crippen MR) is 81.1 cm³/mol. The topological polar surface area (TPSA) is 82.5 Å². The zero-order valence-corrected chi connectivity index (χ0v) is 12.7. The fourth-order valence-corrected chi connectivity index (χ4v) is 3.62. The molecule has 0 aliphatic carbocycles. The smallest absolute Gasteiger partial charge is 0.327 e. The van der Waals surface area contributed by atoms with Gasteiger partial charge in [0.2, 0.25) is 0 Å². The second-order valence-corrected chi connectivity index (χ2v) is 5.97. The standard InChI is InChI=1S/C14H19N3O3S/c1-2-12-17(11(9-21-12)13(18)19)14(20)16-8-6-10-5-3-4-7-15-10/h3-5,7,11-12H,2,6,8-9H2,1H3,(H,16,20)(H,18,19). The van der Waals surface area contributed by atoms with E-state index in [1.165, 1.54) is 16.7 Å². The number of carboxylic acid groups (broad SMARTS) is 1. The Hall–Kier alpha value is -1.76. The van der Waals surface area contributed by atoms with Gasteiger partial charge in [0, 0.05) is 30.6 Å². The minimum atomic E-state index is -0.946. The van der Waals surface area contributed by atoms with E-state index in [1.54, 1.807) is 6.20 Å². The third-order valence-corrected chi connectivity index (χ3v) is 4.80. The Morgan fingerprint density at radius 2 is 2.33 bits per heavy atom. The van der Waals surface area contributed by atoms with Crippen LogP contribution in [0.5, 0.6) is 0 Å². The summed E-state index contributed by atoms with van der Waals surface area (Å²) in [6.07, 6.45) is 3.08. The van der Waals surface area contributed by atoms with Crippen LogP contribution < -0.4 is 5.32 Å². The Labute approximate surface area is 127 Å². The van der Waals surface area contributed by atoms with Crippen molar-refractivity contribution in [2.75, 3.05) is 12.3 Å². The van der Waals surface area contributed by atoms with Gasteiger partial charge in [0.05, 0.1) is 5.37 Å². The minimum Gasteiger partial charge on any atom is -0.480 e. The van der Waals surface area contributed by atoms with E-state index in [-0.39, 0.29) is 11.4 Å². The number of nitrogens with zero attached hydrogens (tertiary/aromatic N) is 2. The Balaban J connectivity index is 1.90. The van der Waals surface area contributed by atoms with Crippen LogP contribution in [0.3, 0.4) is 0 Å². The minimum absolute atomic E-state index is 0.0686. The number of carbonyl (C=O) groups excluding carboxylic acids is 1. The van der Waals surface area contributed by atoms with Gasteiger partial charge < -0.3 is 10.4 Å². The lowest BCUT2D eigenvalue weighted by Crippen LogP contribution is -2.50. The zero-order valence-electron chi connectivity index (χ0n) is 11.9. The van der Waals surface area contributed by atoms with Crippen molar-refractivity contribution >= 4 is 23.8 Å². The first-order chi connectivity index (χ1) is 10.1. The molecule has 0 radical (unpaired) electrons. The molecule has 2 atom stereocenters. The lowest BCUT2D eigenvalue weighted by molar-refractivity contribution is -0.141. The first-order valence-electron chi connectivity index (χ1n) is 6.94. The van der Waals surface area contributed by atoms with Crippen LogP contribution in [0.1, 0.15) is 19.0 Å². The van der Waals surface area contributed by atoms with E-state index in [9.17, 15) is 14.7 Å². The Bertz CT molecular complexity index is 497. The molecule has 6 nitrogen and oxygen atoms in total. The summed E-state index contributed by atoms with van der Waals surface area (Å²) in [4.78, 5) is 29.1. The van der Waals surface area contributed by atoms with E-state index in [1.807, 2.05) is 25.1 Å². The van der Waals surface area contributed by atoms with Crippen LogP contribution >= 0.6 is 11.8 Å². The average molecular weight is 309 g/mol. The lowest BCUT2D eigenvalue weighted by Gasteiger charge is -2.26. The molecular weight excluding hydrogens is 290 g/mol. The van der Waals surface area contributed by atoms with Crippen LogP contribution in [-0.2, 0) is 11.2 Å². The number of pyridine rings is 1. The van der Waals surface area contributed by atoms with Crippen molar-refractivity contribution in [2.45, 2.75) is 31.2 Å². The van der Waals surface area contributed by atoms with Crippen molar-refractivity contribution < 1.29 is 14.7 Å². The summed E-state index contributed by atoms with van der Waals surface area (Å²) < 4.78 is 0. The van der Waals surface area contributed by atoms with Gasteiger partial charge in [-0.05, 0) is 18.6 Å². The Morgan fingerprint density at radius 3 is 2.95 bits per heavy atom. The first-order valence-corrected chi connectivity index (χ1v) is 7.98. The number of amides is 2. The number of nitrogens with one attached hydrogen (secondary N) is 1. The van der Waals surface area contributed by atoms with Crippen molar-refractivity contribution in [3.05, 3.63) is 30.1 Å². The quantitative estimate of drug-likeness (QED) is 0.863. The summed E-state index contributed by atoms with van der Waals surface area (Å²) in [7, 11) is 0. The molecule has 1 aromatic rings. The number of hydrogen-bond acceptors (Lipinski definition) is 4. The van der Waals surface area contributed by atoms with Crippen LogP contribution in [-0.4, -0.2) is 50.7 Å². The van der Waals surface area contributed by atoms with Crippen molar-refractivity contribution in [3.63, 3.8) is 0 Å². The number of thioether (sulfide) groups is 1. The van der Waals surface area contributed by atoms with Gasteiger partial charge in [0.1, 0.15) is 6.04 Å². The summed E-state index contributed by atoms with van der Waals surface area (Å²) >= 11 is 1.52. The second kappa shape index (κ2) is 7.31. The number of carboxylic acids is 1. The number of aromatic nitrogens is 1. The maximum absolute atomic E-state index is 12.2. The molecule has 2 heterocycles. The summed E-state index contributed by atoms with van der Waals surface area (Å²) in [6, 6.07) is 4.58. The Kier molecular flexibility index (Phi) is 5.44. The number of aliphatic carboxylic acids is 1. The molecule has 2 unspecified atom stereocenters. The maximum atomic E-state index is 12.2. The van der Waals surface area contributed by atoms with E-state index >= 15 is 0 Å². The molecule has 1 aliphatic heterocycles. The molecule has 0 bridgehead atoms. The summed E-state index contributed by atoms with van der Waals surface area (Å²) in [6.45, 7) is 2.40. The van der Waals surface area contributed by atoms with Gasteiger partial charge >= 0.3 is 12.0 Å². The highest BCUT2D eigenvalue weighted by Gasteiger charge is 2.40.